The minimum absolute atomic E-state index is 0.0225. The lowest BCUT2D eigenvalue weighted by molar-refractivity contribution is 0.289. The Morgan fingerprint density at radius 2 is 2.09 bits per heavy atom. The number of hydrogen-bond donors (Lipinski definition) is 2. The maximum atomic E-state index is 10.9. The molecule has 0 radical (unpaired) electrons. The SMILES string of the molecule is CCCS(=O)(=O)NCCCO. The molecule has 0 amide bonds. The third-order valence-corrected chi connectivity index (χ3v) is 2.72. The second-order valence-corrected chi connectivity index (χ2v) is 4.22. The van der Waals surface area contributed by atoms with Crippen LogP contribution in [-0.4, -0.2) is 32.4 Å². The lowest BCUT2D eigenvalue weighted by Gasteiger charge is -2.02. The summed E-state index contributed by atoms with van der Waals surface area (Å²) in [6.45, 7) is 2.17. The van der Waals surface area contributed by atoms with Gasteiger partial charge in [-0.15, -0.1) is 0 Å². The van der Waals surface area contributed by atoms with Crippen LogP contribution in [0.2, 0.25) is 0 Å². The zero-order chi connectivity index (χ0) is 8.74. The van der Waals surface area contributed by atoms with Gasteiger partial charge in [0.15, 0.2) is 0 Å². The van der Waals surface area contributed by atoms with Crippen LogP contribution in [0.5, 0.6) is 0 Å². The Kier molecular flexibility index (Phi) is 5.45. The molecule has 0 saturated heterocycles. The third-order valence-electron chi connectivity index (χ3n) is 1.13. The summed E-state index contributed by atoms with van der Waals surface area (Å²) < 4.78 is 24.2. The van der Waals surface area contributed by atoms with Crippen molar-refractivity contribution in [3.05, 3.63) is 0 Å². The fraction of sp³-hybridized carbons (Fsp3) is 1.00. The van der Waals surface area contributed by atoms with Gasteiger partial charge in [-0.2, -0.15) is 0 Å². The van der Waals surface area contributed by atoms with Crippen molar-refractivity contribution >= 4 is 10.0 Å². The molecule has 0 fully saturated rings. The second-order valence-electron chi connectivity index (χ2n) is 2.29. The average molecular weight is 181 g/mol. The number of aliphatic hydroxyl groups is 1. The van der Waals surface area contributed by atoms with Gasteiger partial charge in [-0.05, 0) is 12.8 Å². The van der Waals surface area contributed by atoms with E-state index in [2.05, 4.69) is 4.72 Å². The third kappa shape index (κ3) is 6.28. The van der Waals surface area contributed by atoms with Gasteiger partial charge in [-0.3, -0.25) is 0 Å². The molecule has 68 valence electrons. The van der Waals surface area contributed by atoms with E-state index in [0.717, 1.165) is 0 Å². The monoisotopic (exact) mass is 181 g/mol. The summed E-state index contributed by atoms with van der Waals surface area (Å²) in [5, 5.41) is 8.36. The van der Waals surface area contributed by atoms with Crippen LogP contribution in [0.15, 0.2) is 0 Å². The molecular formula is C6H15NO3S. The van der Waals surface area contributed by atoms with Crippen molar-refractivity contribution in [3.8, 4) is 0 Å². The molecule has 0 saturated carbocycles. The Labute approximate surface area is 67.7 Å². The van der Waals surface area contributed by atoms with E-state index < -0.39 is 10.0 Å². The summed E-state index contributed by atoms with van der Waals surface area (Å²) in [6.07, 6.45) is 1.09. The van der Waals surface area contributed by atoms with Crippen molar-refractivity contribution < 1.29 is 13.5 Å². The van der Waals surface area contributed by atoms with Crippen molar-refractivity contribution in [1.29, 1.82) is 0 Å². The number of rotatable bonds is 6. The smallest absolute Gasteiger partial charge is 0.211 e. The number of aliphatic hydroxyl groups excluding tert-OH is 1. The maximum absolute atomic E-state index is 10.9. The normalized spacial score (nSPS) is 11.8. The minimum Gasteiger partial charge on any atom is -0.396 e. The highest BCUT2D eigenvalue weighted by atomic mass is 32.2. The fourth-order valence-electron chi connectivity index (χ4n) is 0.648. The van der Waals surface area contributed by atoms with Gasteiger partial charge in [0.2, 0.25) is 10.0 Å². The highest BCUT2D eigenvalue weighted by molar-refractivity contribution is 7.89. The molecule has 2 N–H and O–H groups in total. The van der Waals surface area contributed by atoms with Crippen LogP contribution in [0.1, 0.15) is 19.8 Å². The zero-order valence-electron chi connectivity index (χ0n) is 6.71. The van der Waals surface area contributed by atoms with Crippen LogP contribution < -0.4 is 4.72 Å². The van der Waals surface area contributed by atoms with E-state index in [1.165, 1.54) is 0 Å². The lowest BCUT2D eigenvalue weighted by atomic mass is 10.5. The van der Waals surface area contributed by atoms with E-state index in [1.54, 1.807) is 0 Å². The van der Waals surface area contributed by atoms with Crippen LogP contribution in [0.25, 0.3) is 0 Å². The molecular weight excluding hydrogens is 166 g/mol. The quantitative estimate of drug-likeness (QED) is 0.553. The van der Waals surface area contributed by atoms with Crippen molar-refractivity contribution in [2.24, 2.45) is 0 Å². The first kappa shape index (κ1) is 10.9. The molecule has 0 aliphatic heterocycles. The van der Waals surface area contributed by atoms with E-state index >= 15 is 0 Å². The standard InChI is InChI=1S/C6H15NO3S/c1-2-6-11(9,10)7-4-3-5-8/h7-8H,2-6H2,1H3. The molecule has 4 nitrogen and oxygen atoms in total. The van der Waals surface area contributed by atoms with E-state index in [1.807, 2.05) is 6.92 Å². The molecule has 0 aromatic carbocycles. The molecule has 0 rings (SSSR count). The Hall–Kier alpha value is -0.130. The predicted octanol–water partition coefficient (Wildman–Crippen LogP) is -0.302. The van der Waals surface area contributed by atoms with Crippen molar-refractivity contribution in [2.45, 2.75) is 19.8 Å². The minimum atomic E-state index is -3.07. The van der Waals surface area contributed by atoms with Crippen molar-refractivity contribution in [2.75, 3.05) is 18.9 Å². The van der Waals surface area contributed by atoms with E-state index in [4.69, 9.17) is 5.11 Å². The van der Waals surface area contributed by atoms with Crippen LogP contribution in [-0.2, 0) is 10.0 Å². The second kappa shape index (κ2) is 5.51. The molecule has 0 spiro atoms. The first-order chi connectivity index (χ1) is 5.12. The van der Waals surface area contributed by atoms with Gasteiger partial charge in [-0.1, -0.05) is 6.92 Å². The van der Waals surface area contributed by atoms with E-state index in [9.17, 15) is 8.42 Å². The first-order valence-electron chi connectivity index (χ1n) is 3.70. The van der Waals surface area contributed by atoms with Crippen LogP contribution in [0, 0.1) is 0 Å². The summed E-state index contributed by atoms with van der Waals surface area (Å²) >= 11 is 0. The summed E-state index contributed by atoms with van der Waals surface area (Å²) in [5.41, 5.74) is 0. The summed E-state index contributed by atoms with van der Waals surface area (Å²) in [6, 6.07) is 0. The molecule has 0 aliphatic carbocycles. The van der Waals surface area contributed by atoms with Crippen molar-refractivity contribution in [3.63, 3.8) is 0 Å². The summed E-state index contributed by atoms with van der Waals surface area (Å²) in [7, 11) is -3.07. The fourth-order valence-corrected chi connectivity index (χ4v) is 1.78. The van der Waals surface area contributed by atoms with Gasteiger partial charge in [0, 0.05) is 13.2 Å². The molecule has 0 aromatic rings. The van der Waals surface area contributed by atoms with Crippen LogP contribution >= 0.6 is 0 Å². The summed E-state index contributed by atoms with van der Waals surface area (Å²) in [4.78, 5) is 0. The van der Waals surface area contributed by atoms with Gasteiger partial charge in [0.05, 0.1) is 5.75 Å². The molecule has 0 unspecified atom stereocenters. The molecule has 0 atom stereocenters. The molecule has 5 heteroatoms. The molecule has 0 bridgehead atoms. The Balaban J connectivity index is 3.56. The van der Waals surface area contributed by atoms with E-state index in [0.29, 0.717) is 19.4 Å². The Morgan fingerprint density at radius 1 is 1.45 bits per heavy atom. The van der Waals surface area contributed by atoms with Crippen LogP contribution in [0.3, 0.4) is 0 Å². The van der Waals surface area contributed by atoms with Gasteiger partial charge < -0.3 is 5.11 Å². The zero-order valence-corrected chi connectivity index (χ0v) is 7.52. The largest absolute Gasteiger partial charge is 0.396 e. The van der Waals surface area contributed by atoms with Gasteiger partial charge in [-0.25, -0.2) is 13.1 Å². The number of sulfonamides is 1. The molecule has 11 heavy (non-hydrogen) atoms. The van der Waals surface area contributed by atoms with E-state index in [-0.39, 0.29) is 12.4 Å². The highest BCUT2D eigenvalue weighted by Gasteiger charge is 2.05. The Morgan fingerprint density at radius 3 is 2.55 bits per heavy atom. The molecule has 0 aliphatic rings. The number of nitrogens with one attached hydrogen (secondary N) is 1. The predicted molar refractivity (Wildman–Crippen MR) is 43.8 cm³/mol. The first-order valence-corrected chi connectivity index (χ1v) is 5.36. The summed E-state index contributed by atoms with van der Waals surface area (Å²) in [5.74, 6) is 0.165. The van der Waals surface area contributed by atoms with Gasteiger partial charge in [0.25, 0.3) is 0 Å². The number of hydrogen-bond acceptors (Lipinski definition) is 3. The lowest BCUT2D eigenvalue weighted by Crippen LogP contribution is -2.27. The van der Waals surface area contributed by atoms with Gasteiger partial charge in [0.1, 0.15) is 0 Å². The average Bonchev–Trinajstić information content (AvgIpc) is 1.87. The topological polar surface area (TPSA) is 66.4 Å². The van der Waals surface area contributed by atoms with Gasteiger partial charge >= 0.3 is 0 Å². The van der Waals surface area contributed by atoms with Crippen molar-refractivity contribution in [1.82, 2.24) is 4.72 Å². The molecule has 0 heterocycles. The van der Waals surface area contributed by atoms with Crippen LogP contribution in [0.4, 0.5) is 0 Å². The Bertz CT molecular complexity index is 176. The maximum Gasteiger partial charge on any atom is 0.211 e. The highest BCUT2D eigenvalue weighted by Crippen LogP contribution is 1.87. The molecule has 0 aromatic heterocycles.